The highest BCUT2D eigenvalue weighted by atomic mass is 16.1. The standard InChI is InChI=1S/C20H23BNO/c1-16(11-12-17-9-6-10-19(14-17)21-2)13-20(23)22-15-18-7-4-3-5-8-18/h3-10,14H,1,11-13,15H2,2H3,(H,22,23). The Hall–Kier alpha value is -2.29. The van der Waals surface area contributed by atoms with Crippen LogP contribution in [0.15, 0.2) is 66.7 Å². The second kappa shape index (κ2) is 8.99. The Kier molecular flexibility index (Phi) is 6.67. The molecule has 0 aliphatic heterocycles. The molecule has 0 saturated carbocycles. The molecular formula is C20H23BNO. The normalized spacial score (nSPS) is 10.1. The van der Waals surface area contributed by atoms with Crippen LogP contribution in [0.3, 0.4) is 0 Å². The van der Waals surface area contributed by atoms with E-state index in [2.05, 4.69) is 43.4 Å². The first-order chi connectivity index (χ1) is 11.2. The van der Waals surface area contributed by atoms with E-state index in [0.717, 1.165) is 24.0 Å². The Balaban J connectivity index is 1.72. The van der Waals surface area contributed by atoms with E-state index in [1.54, 1.807) is 0 Å². The van der Waals surface area contributed by atoms with Crippen LogP contribution in [0, 0.1) is 0 Å². The first kappa shape index (κ1) is 17.1. The highest BCUT2D eigenvalue weighted by molar-refractivity contribution is 6.51. The molecule has 0 aliphatic rings. The summed E-state index contributed by atoms with van der Waals surface area (Å²) in [6.45, 7) is 6.65. The molecule has 1 radical (unpaired) electrons. The fourth-order valence-corrected chi connectivity index (χ4v) is 2.42. The Morgan fingerprint density at radius 1 is 1.09 bits per heavy atom. The Labute approximate surface area is 139 Å². The van der Waals surface area contributed by atoms with Gasteiger partial charge in [-0.15, -0.1) is 0 Å². The lowest BCUT2D eigenvalue weighted by molar-refractivity contribution is -0.120. The van der Waals surface area contributed by atoms with Crippen LogP contribution < -0.4 is 10.8 Å². The van der Waals surface area contributed by atoms with Gasteiger partial charge in [-0.05, 0) is 24.0 Å². The van der Waals surface area contributed by atoms with Crippen molar-refractivity contribution in [3.63, 3.8) is 0 Å². The molecule has 0 unspecified atom stereocenters. The van der Waals surface area contributed by atoms with Crippen molar-refractivity contribution < 1.29 is 4.79 Å². The van der Waals surface area contributed by atoms with Gasteiger partial charge in [-0.2, -0.15) is 0 Å². The first-order valence-corrected chi connectivity index (χ1v) is 8.03. The monoisotopic (exact) mass is 304 g/mol. The quantitative estimate of drug-likeness (QED) is 0.588. The zero-order chi connectivity index (χ0) is 16.5. The summed E-state index contributed by atoms with van der Waals surface area (Å²) in [7, 11) is 2.09. The number of nitrogens with one attached hydrogen (secondary N) is 1. The maximum absolute atomic E-state index is 12.0. The van der Waals surface area contributed by atoms with E-state index in [0.29, 0.717) is 13.0 Å². The maximum atomic E-state index is 12.0. The Bertz CT molecular complexity index is 652. The van der Waals surface area contributed by atoms with Gasteiger partial charge in [0.05, 0.1) is 0 Å². The van der Waals surface area contributed by atoms with Crippen LogP contribution in [-0.2, 0) is 17.8 Å². The minimum Gasteiger partial charge on any atom is -0.352 e. The summed E-state index contributed by atoms with van der Waals surface area (Å²) in [5.41, 5.74) is 4.60. The molecule has 2 nitrogen and oxygen atoms in total. The molecule has 2 aromatic carbocycles. The van der Waals surface area contributed by atoms with Gasteiger partial charge in [-0.3, -0.25) is 4.79 Å². The molecule has 0 aromatic heterocycles. The average molecular weight is 304 g/mol. The molecule has 1 N–H and O–H groups in total. The zero-order valence-electron chi connectivity index (χ0n) is 13.7. The second-order valence-electron chi connectivity index (χ2n) is 5.72. The summed E-state index contributed by atoms with van der Waals surface area (Å²) in [4.78, 5) is 12.0. The number of hydrogen-bond donors (Lipinski definition) is 1. The Morgan fingerprint density at radius 3 is 2.57 bits per heavy atom. The van der Waals surface area contributed by atoms with Crippen molar-refractivity contribution in [1.82, 2.24) is 5.32 Å². The molecule has 0 spiro atoms. The van der Waals surface area contributed by atoms with Crippen LogP contribution in [-0.4, -0.2) is 13.2 Å². The van der Waals surface area contributed by atoms with Crippen molar-refractivity contribution in [2.24, 2.45) is 0 Å². The molecule has 1 amide bonds. The lowest BCUT2D eigenvalue weighted by Gasteiger charge is -2.08. The third-order valence-corrected chi connectivity index (χ3v) is 3.79. The Morgan fingerprint density at radius 2 is 1.83 bits per heavy atom. The van der Waals surface area contributed by atoms with Crippen LogP contribution in [0.25, 0.3) is 0 Å². The minimum atomic E-state index is 0.0366. The summed E-state index contributed by atoms with van der Waals surface area (Å²) in [6, 6.07) is 18.4. The van der Waals surface area contributed by atoms with Gasteiger partial charge >= 0.3 is 0 Å². The summed E-state index contributed by atoms with van der Waals surface area (Å²) in [5.74, 6) is 0.0366. The van der Waals surface area contributed by atoms with E-state index in [9.17, 15) is 4.79 Å². The van der Waals surface area contributed by atoms with Gasteiger partial charge in [0, 0.05) is 13.0 Å². The van der Waals surface area contributed by atoms with Gasteiger partial charge in [0.15, 0.2) is 0 Å². The molecule has 2 aromatic rings. The van der Waals surface area contributed by atoms with Gasteiger partial charge in [-0.1, -0.05) is 79.0 Å². The molecule has 3 heteroatoms. The van der Waals surface area contributed by atoms with E-state index in [1.165, 1.54) is 11.0 Å². The number of amides is 1. The molecule has 0 heterocycles. The number of carbonyl (C=O) groups is 1. The van der Waals surface area contributed by atoms with E-state index in [-0.39, 0.29) is 5.91 Å². The van der Waals surface area contributed by atoms with Gasteiger partial charge < -0.3 is 5.32 Å². The summed E-state index contributed by atoms with van der Waals surface area (Å²) < 4.78 is 0. The van der Waals surface area contributed by atoms with Crippen molar-refractivity contribution >= 4 is 18.6 Å². The van der Waals surface area contributed by atoms with Crippen LogP contribution in [0.4, 0.5) is 0 Å². The SMILES string of the molecule is C=C(CCc1cccc([B]C)c1)CC(=O)NCc1ccccc1. The predicted octanol–water partition coefficient (Wildman–Crippen LogP) is 3.26. The molecule has 0 atom stereocenters. The number of aryl methyl sites for hydroxylation is 1. The highest BCUT2D eigenvalue weighted by Gasteiger charge is 2.05. The van der Waals surface area contributed by atoms with Crippen LogP contribution >= 0.6 is 0 Å². The number of hydrogen-bond acceptors (Lipinski definition) is 1. The topological polar surface area (TPSA) is 29.1 Å². The third-order valence-electron chi connectivity index (χ3n) is 3.79. The molecule has 117 valence electrons. The van der Waals surface area contributed by atoms with Crippen molar-refractivity contribution in [2.45, 2.75) is 32.6 Å². The second-order valence-corrected chi connectivity index (χ2v) is 5.72. The van der Waals surface area contributed by atoms with Crippen LogP contribution in [0.2, 0.25) is 6.82 Å². The molecule has 2 rings (SSSR count). The van der Waals surface area contributed by atoms with Gasteiger partial charge in [0.2, 0.25) is 5.91 Å². The van der Waals surface area contributed by atoms with E-state index in [1.807, 2.05) is 37.2 Å². The van der Waals surface area contributed by atoms with Crippen molar-refractivity contribution in [3.8, 4) is 0 Å². The fourth-order valence-electron chi connectivity index (χ4n) is 2.42. The summed E-state index contributed by atoms with van der Waals surface area (Å²) in [5, 5.41) is 2.94. The summed E-state index contributed by atoms with van der Waals surface area (Å²) >= 11 is 0. The number of carbonyl (C=O) groups excluding carboxylic acids is 1. The van der Waals surface area contributed by atoms with Crippen molar-refractivity contribution in [2.75, 3.05) is 0 Å². The largest absolute Gasteiger partial charge is 0.352 e. The fraction of sp³-hybridized carbons (Fsp3) is 0.250. The molecule has 0 aliphatic carbocycles. The van der Waals surface area contributed by atoms with E-state index < -0.39 is 0 Å². The van der Waals surface area contributed by atoms with E-state index in [4.69, 9.17) is 0 Å². The molecule has 23 heavy (non-hydrogen) atoms. The zero-order valence-corrected chi connectivity index (χ0v) is 13.7. The smallest absolute Gasteiger partial charge is 0.224 e. The molecule has 0 bridgehead atoms. The van der Waals surface area contributed by atoms with Gasteiger partial charge in [0.1, 0.15) is 7.28 Å². The van der Waals surface area contributed by atoms with Crippen molar-refractivity contribution in [1.29, 1.82) is 0 Å². The van der Waals surface area contributed by atoms with Crippen LogP contribution in [0.5, 0.6) is 0 Å². The van der Waals surface area contributed by atoms with Gasteiger partial charge in [0.25, 0.3) is 0 Å². The van der Waals surface area contributed by atoms with Crippen molar-refractivity contribution in [3.05, 3.63) is 77.9 Å². The molecule has 0 fully saturated rings. The molecule has 0 saturated heterocycles. The lowest BCUT2D eigenvalue weighted by atomic mass is 9.73. The number of benzene rings is 2. The maximum Gasteiger partial charge on any atom is 0.224 e. The summed E-state index contributed by atoms with van der Waals surface area (Å²) in [6.07, 6.45) is 2.16. The third kappa shape index (κ3) is 6.15. The minimum absolute atomic E-state index is 0.0366. The van der Waals surface area contributed by atoms with Gasteiger partial charge in [-0.25, -0.2) is 0 Å². The molecular weight excluding hydrogens is 281 g/mol. The predicted molar refractivity (Wildman–Crippen MR) is 98.1 cm³/mol. The first-order valence-electron chi connectivity index (χ1n) is 8.03. The van der Waals surface area contributed by atoms with E-state index >= 15 is 0 Å². The highest BCUT2D eigenvalue weighted by Crippen LogP contribution is 2.10. The lowest BCUT2D eigenvalue weighted by Crippen LogP contribution is -2.22. The number of rotatable bonds is 8. The average Bonchev–Trinajstić information content (AvgIpc) is 2.59. The van der Waals surface area contributed by atoms with Crippen LogP contribution in [0.1, 0.15) is 24.0 Å².